The van der Waals surface area contributed by atoms with Gasteiger partial charge in [-0.1, -0.05) is 23.7 Å². The van der Waals surface area contributed by atoms with Gasteiger partial charge in [0.2, 0.25) is 0 Å². The number of carbonyl (C=O) groups excluding carboxylic acids is 1. The van der Waals surface area contributed by atoms with Crippen LogP contribution in [0.25, 0.3) is 0 Å². The lowest BCUT2D eigenvalue weighted by Crippen LogP contribution is -2.41. The number of carbonyl (C=O) groups is 1. The van der Waals surface area contributed by atoms with Crippen LogP contribution in [0.2, 0.25) is 5.02 Å². The molecule has 0 fully saturated rings. The molecule has 1 aliphatic heterocycles. The van der Waals surface area contributed by atoms with Gasteiger partial charge in [-0.15, -0.1) is 0 Å². The second-order valence-electron chi connectivity index (χ2n) is 4.60. The Kier molecular flexibility index (Phi) is 3.66. The largest absolute Gasteiger partial charge is 0.477 e. The highest BCUT2D eigenvalue weighted by molar-refractivity contribution is 6.30. The first-order valence-corrected chi connectivity index (χ1v) is 6.77. The monoisotopic (exact) mass is 306 g/mol. The molecule has 0 aromatic heterocycles. The van der Waals surface area contributed by atoms with E-state index < -0.39 is 11.9 Å². The number of para-hydroxylation sites is 2. The standard InChI is InChI=1S/C15H12ClFN2O2/c16-10-6-5-9(7-11(10)17)19-15(20)14-8-18-12-3-1-2-4-13(12)21-14/h1-7,14,18H,8H2,(H,19,20). The summed E-state index contributed by atoms with van der Waals surface area (Å²) in [7, 11) is 0. The fourth-order valence-corrected chi connectivity index (χ4v) is 2.17. The molecule has 1 heterocycles. The van der Waals surface area contributed by atoms with Crippen molar-refractivity contribution >= 4 is 28.9 Å². The van der Waals surface area contributed by atoms with Crippen LogP contribution in [0.5, 0.6) is 5.75 Å². The van der Waals surface area contributed by atoms with E-state index in [1.54, 1.807) is 6.07 Å². The van der Waals surface area contributed by atoms with Gasteiger partial charge in [0, 0.05) is 5.69 Å². The summed E-state index contributed by atoms with van der Waals surface area (Å²) in [5, 5.41) is 5.74. The van der Waals surface area contributed by atoms with Gasteiger partial charge in [0.15, 0.2) is 6.10 Å². The molecule has 0 spiro atoms. The Hall–Kier alpha value is -2.27. The molecule has 2 N–H and O–H groups in total. The van der Waals surface area contributed by atoms with Crippen molar-refractivity contribution in [1.29, 1.82) is 0 Å². The Morgan fingerprint density at radius 2 is 2.14 bits per heavy atom. The number of amides is 1. The number of hydrogen-bond donors (Lipinski definition) is 2. The molecule has 4 nitrogen and oxygen atoms in total. The van der Waals surface area contributed by atoms with Crippen LogP contribution in [-0.2, 0) is 4.79 Å². The van der Waals surface area contributed by atoms with Gasteiger partial charge in [0.25, 0.3) is 5.91 Å². The van der Waals surface area contributed by atoms with Crippen LogP contribution >= 0.6 is 11.6 Å². The van der Waals surface area contributed by atoms with Crippen LogP contribution in [0, 0.1) is 5.82 Å². The first kappa shape index (κ1) is 13.7. The molecule has 1 amide bonds. The summed E-state index contributed by atoms with van der Waals surface area (Å²) in [4.78, 5) is 12.1. The van der Waals surface area contributed by atoms with E-state index in [0.29, 0.717) is 18.0 Å². The van der Waals surface area contributed by atoms with Gasteiger partial charge in [-0.05, 0) is 30.3 Å². The number of anilines is 2. The maximum absolute atomic E-state index is 13.3. The van der Waals surface area contributed by atoms with Gasteiger partial charge in [-0.25, -0.2) is 4.39 Å². The molecule has 1 atom stereocenters. The Labute approximate surface area is 125 Å². The Morgan fingerprint density at radius 1 is 1.33 bits per heavy atom. The second-order valence-corrected chi connectivity index (χ2v) is 5.01. The van der Waals surface area contributed by atoms with E-state index in [0.717, 1.165) is 5.69 Å². The average Bonchev–Trinajstić information content (AvgIpc) is 2.50. The van der Waals surface area contributed by atoms with Gasteiger partial charge < -0.3 is 15.4 Å². The van der Waals surface area contributed by atoms with E-state index in [1.165, 1.54) is 18.2 Å². The van der Waals surface area contributed by atoms with Crippen LogP contribution in [0.15, 0.2) is 42.5 Å². The number of rotatable bonds is 2. The predicted octanol–water partition coefficient (Wildman–Crippen LogP) is 3.29. The van der Waals surface area contributed by atoms with E-state index in [1.807, 2.05) is 18.2 Å². The Bertz CT molecular complexity index is 693. The lowest BCUT2D eigenvalue weighted by molar-refractivity contribution is -0.122. The van der Waals surface area contributed by atoms with Gasteiger partial charge in [-0.2, -0.15) is 0 Å². The van der Waals surface area contributed by atoms with Gasteiger partial charge in [0.05, 0.1) is 17.3 Å². The SMILES string of the molecule is O=C(Nc1ccc(Cl)c(F)c1)C1CNc2ccccc2O1. The Balaban J connectivity index is 1.70. The molecule has 108 valence electrons. The van der Waals surface area contributed by atoms with E-state index in [4.69, 9.17) is 16.3 Å². The average molecular weight is 307 g/mol. The van der Waals surface area contributed by atoms with Crippen LogP contribution in [-0.4, -0.2) is 18.6 Å². The molecular weight excluding hydrogens is 295 g/mol. The number of halogens is 2. The molecule has 2 aromatic rings. The maximum Gasteiger partial charge on any atom is 0.267 e. The van der Waals surface area contributed by atoms with Crippen molar-refractivity contribution in [2.24, 2.45) is 0 Å². The number of ether oxygens (including phenoxy) is 1. The molecule has 0 bridgehead atoms. The second kappa shape index (κ2) is 5.61. The molecule has 1 unspecified atom stereocenters. The summed E-state index contributed by atoms with van der Waals surface area (Å²) >= 11 is 5.60. The quantitative estimate of drug-likeness (QED) is 0.895. The van der Waals surface area contributed by atoms with Crippen molar-refractivity contribution in [3.05, 3.63) is 53.3 Å². The molecule has 2 aromatic carbocycles. The highest BCUT2D eigenvalue weighted by atomic mass is 35.5. The normalized spacial score (nSPS) is 16.4. The van der Waals surface area contributed by atoms with E-state index in [-0.39, 0.29) is 10.9 Å². The molecule has 1 aliphatic rings. The predicted molar refractivity (Wildman–Crippen MR) is 79.4 cm³/mol. The van der Waals surface area contributed by atoms with E-state index in [9.17, 15) is 9.18 Å². The molecule has 0 saturated carbocycles. The molecule has 0 saturated heterocycles. The lowest BCUT2D eigenvalue weighted by Gasteiger charge is -2.26. The summed E-state index contributed by atoms with van der Waals surface area (Å²) in [6.45, 7) is 0.346. The molecule has 3 rings (SSSR count). The minimum Gasteiger partial charge on any atom is -0.477 e. The zero-order valence-corrected chi connectivity index (χ0v) is 11.7. The highest BCUT2D eigenvalue weighted by Crippen LogP contribution is 2.28. The molecular formula is C15H12ClFN2O2. The first-order chi connectivity index (χ1) is 10.1. The highest BCUT2D eigenvalue weighted by Gasteiger charge is 2.25. The topological polar surface area (TPSA) is 50.4 Å². The number of hydrogen-bond acceptors (Lipinski definition) is 3. The molecule has 0 aliphatic carbocycles. The van der Waals surface area contributed by atoms with Gasteiger partial charge in [0.1, 0.15) is 11.6 Å². The minimum absolute atomic E-state index is 0.0116. The first-order valence-electron chi connectivity index (χ1n) is 6.39. The van der Waals surface area contributed by atoms with Crippen molar-refractivity contribution in [3.8, 4) is 5.75 Å². The third kappa shape index (κ3) is 2.92. The van der Waals surface area contributed by atoms with E-state index in [2.05, 4.69) is 10.6 Å². The fraction of sp³-hybridized carbons (Fsp3) is 0.133. The Morgan fingerprint density at radius 3 is 2.95 bits per heavy atom. The third-order valence-electron chi connectivity index (χ3n) is 3.11. The van der Waals surface area contributed by atoms with Gasteiger partial charge in [-0.3, -0.25) is 4.79 Å². The van der Waals surface area contributed by atoms with E-state index >= 15 is 0 Å². The smallest absolute Gasteiger partial charge is 0.267 e. The zero-order chi connectivity index (χ0) is 14.8. The van der Waals surface area contributed by atoms with Crippen LogP contribution in [0.1, 0.15) is 0 Å². The number of benzene rings is 2. The van der Waals surface area contributed by atoms with Crippen LogP contribution in [0.3, 0.4) is 0 Å². The third-order valence-corrected chi connectivity index (χ3v) is 3.42. The summed E-state index contributed by atoms with van der Waals surface area (Å²) in [6, 6.07) is 11.5. The van der Waals surface area contributed by atoms with Crippen LogP contribution < -0.4 is 15.4 Å². The number of fused-ring (bicyclic) bond motifs is 1. The summed E-state index contributed by atoms with van der Waals surface area (Å²) in [5.41, 5.74) is 1.18. The number of nitrogens with one attached hydrogen (secondary N) is 2. The minimum atomic E-state index is -0.682. The summed E-state index contributed by atoms with van der Waals surface area (Å²) in [6.07, 6.45) is -0.682. The van der Waals surface area contributed by atoms with Crippen molar-refractivity contribution in [2.75, 3.05) is 17.2 Å². The van der Waals surface area contributed by atoms with Crippen LogP contribution in [0.4, 0.5) is 15.8 Å². The fourth-order valence-electron chi connectivity index (χ4n) is 2.06. The molecule has 6 heteroatoms. The van der Waals surface area contributed by atoms with Crippen molar-refractivity contribution in [1.82, 2.24) is 0 Å². The van der Waals surface area contributed by atoms with Crippen molar-refractivity contribution in [3.63, 3.8) is 0 Å². The summed E-state index contributed by atoms with van der Waals surface area (Å²) < 4.78 is 19.0. The van der Waals surface area contributed by atoms with Crippen molar-refractivity contribution in [2.45, 2.75) is 6.10 Å². The zero-order valence-electron chi connectivity index (χ0n) is 10.9. The maximum atomic E-state index is 13.3. The summed E-state index contributed by atoms with van der Waals surface area (Å²) in [5.74, 6) is -0.313. The molecule has 21 heavy (non-hydrogen) atoms. The lowest BCUT2D eigenvalue weighted by atomic mass is 10.2. The molecule has 0 radical (unpaired) electrons. The van der Waals surface area contributed by atoms with Crippen molar-refractivity contribution < 1.29 is 13.9 Å². The van der Waals surface area contributed by atoms with Gasteiger partial charge >= 0.3 is 0 Å².